The lowest BCUT2D eigenvalue weighted by Crippen LogP contribution is -1.88. The monoisotopic (exact) mass is 175 g/mol. The Bertz CT molecular complexity index is 278. The van der Waals surface area contributed by atoms with E-state index in [1.807, 2.05) is 13.1 Å². The zero-order valence-corrected chi connectivity index (χ0v) is 8.67. The van der Waals surface area contributed by atoms with Crippen LogP contribution in [-0.4, -0.2) is 6.21 Å². The molecule has 0 saturated carbocycles. The fraction of sp³-hybridized carbons (Fsp3) is 0.417. The molecule has 1 aromatic rings. The summed E-state index contributed by atoms with van der Waals surface area (Å²) in [4.78, 5) is 4.42. The molecule has 0 aliphatic carbocycles. The Labute approximate surface area is 80.5 Å². The summed E-state index contributed by atoms with van der Waals surface area (Å²) in [5.74, 6) is 0. The van der Waals surface area contributed by atoms with Crippen LogP contribution in [-0.2, 0) is 12.8 Å². The highest BCUT2D eigenvalue weighted by Gasteiger charge is 2.02. The van der Waals surface area contributed by atoms with Gasteiger partial charge in [0.25, 0.3) is 0 Å². The van der Waals surface area contributed by atoms with Crippen molar-refractivity contribution >= 4 is 11.9 Å². The van der Waals surface area contributed by atoms with Crippen LogP contribution in [0.5, 0.6) is 0 Å². The van der Waals surface area contributed by atoms with Crippen molar-refractivity contribution in [1.29, 1.82) is 0 Å². The van der Waals surface area contributed by atoms with E-state index in [-0.39, 0.29) is 0 Å². The highest BCUT2D eigenvalue weighted by Crippen LogP contribution is 2.25. The maximum absolute atomic E-state index is 4.42. The third kappa shape index (κ3) is 2.18. The summed E-state index contributed by atoms with van der Waals surface area (Å²) in [5, 5.41) is 0. The molecule has 0 N–H and O–H groups in total. The first-order chi connectivity index (χ1) is 6.33. The van der Waals surface area contributed by atoms with Crippen LogP contribution in [0, 0.1) is 0 Å². The third-order valence-electron chi connectivity index (χ3n) is 2.22. The summed E-state index contributed by atoms with van der Waals surface area (Å²) in [7, 11) is 0. The van der Waals surface area contributed by atoms with E-state index >= 15 is 0 Å². The fourth-order valence-corrected chi connectivity index (χ4v) is 1.51. The number of rotatable bonds is 3. The summed E-state index contributed by atoms with van der Waals surface area (Å²) < 4.78 is 0. The molecular formula is C12H17N. The molecule has 0 aliphatic heterocycles. The van der Waals surface area contributed by atoms with Crippen LogP contribution in [0.15, 0.2) is 23.2 Å². The summed E-state index contributed by atoms with van der Waals surface area (Å²) in [6.07, 6.45) is 3.98. The maximum atomic E-state index is 4.42. The number of aliphatic imine (C=N–C) groups is 1. The molecule has 1 rings (SSSR count). The second-order valence-corrected chi connectivity index (χ2v) is 3.02. The van der Waals surface area contributed by atoms with Gasteiger partial charge in [0.2, 0.25) is 0 Å². The molecule has 0 fully saturated rings. The minimum absolute atomic E-state index is 1.06. The van der Waals surface area contributed by atoms with E-state index in [0.717, 1.165) is 12.8 Å². The van der Waals surface area contributed by atoms with Crippen molar-refractivity contribution < 1.29 is 0 Å². The highest BCUT2D eigenvalue weighted by molar-refractivity contribution is 5.65. The molecule has 0 radical (unpaired) electrons. The van der Waals surface area contributed by atoms with Crippen molar-refractivity contribution in [1.82, 2.24) is 0 Å². The minimum Gasteiger partial charge on any atom is -0.261 e. The van der Waals surface area contributed by atoms with Crippen molar-refractivity contribution in [2.45, 2.75) is 33.6 Å². The quantitative estimate of drug-likeness (QED) is 0.623. The normalized spacial score (nSPS) is 11.0. The molecule has 0 saturated heterocycles. The van der Waals surface area contributed by atoms with E-state index in [9.17, 15) is 0 Å². The number of aryl methyl sites for hydroxylation is 2. The zero-order chi connectivity index (χ0) is 9.68. The molecule has 70 valence electrons. The van der Waals surface area contributed by atoms with E-state index < -0.39 is 0 Å². The van der Waals surface area contributed by atoms with Gasteiger partial charge in [-0.2, -0.15) is 0 Å². The Morgan fingerprint density at radius 2 is 1.69 bits per heavy atom. The van der Waals surface area contributed by atoms with Gasteiger partial charge in [0.05, 0.1) is 5.69 Å². The van der Waals surface area contributed by atoms with Crippen LogP contribution in [0.2, 0.25) is 0 Å². The van der Waals surface area contributed by atoms with Gasteiger partial charge in [-0.15, -0.1) is 0 Å². The predicted octanol–water partition coefficient (Wildman–Crippen LogP) is 3.53. The van der Waals surface area contributed by atoms with E-state index in [4.69, 9.17) is 0 Å². The first-order valence-corrected chi connectivity index (χ1v) is 4.92. The Morgan fingerprint density at radius 3 is 2.08 bits per heavy atom. The summed E-state index contributed by atoms with van der Waals surface area (Å²) in [6, 6.07) is 6.43. The van der Waals surface area contributed by atoms with Crippen molar-refractivity contribution in [3.8, 4) is 0 Å². The van der Waals surface area contributed by atoms with Crippen molar-refractivity contribution in [2.24, 2.45) is 4.99 Å². The molecule has 13 heavy (non-hydrogen) atoms. The second kappa shape index (κ2) is 4.80. The van der Waals surface area contributed by atoms with Gasteiger partial charge < -0.3 is 0 Å². The molecule has 0 bridgehead atoms. The van der Waals surface area contributed by atoms with Gasteiger partial charge in [-0.25, -0.2) is 0 Å². The molecule has 0 amide bonds. The molecule has 0 aliphatic rings. The lowest BCUT2D eigenvalue weighted by atomic mass is 10.0. The number of para-hydroxylation sites is 1. The van der Waals surface area contributed by atoms with E-state index in [0.29, 0.717) is 0 Å². The van der Waals surface area contributed by atoms with Crippen LogP contribution in [0.1, 0.15) is 31.9 Å². The number of nitrogens with zero attached hydrogens (tertiary/aromatic N) is 1. The number of benzene rings is 1. The Hall–Kier alpha value is -1.11. The Morgan fingerprint density at radius 1 is 1.15 bits per heavy atom. The molecule has 0 heterocycles. The largest absolute Gasteiger partial charge is 0.261 e. The van der Waals surface area contributed by atoms with Crippen molar-refractivity contribution in [3.05, 3.63) is 29.3 Å². The summed E-state index contributed by atoms with van der Waals surface area (Å²) in [6.45, 7) is 6.30. The van der Waals surface area contributed by atoms with Gasteiger partial charge in [-0.05, 0) is 30.9 Å². The van der Waals surface area contributed by atoms with Crippen LogP contribution < -0.4 is 0 Å². The molecule has 1 aromatic carbocycles. The smallest absolute Gasteiger partial charge is 0.0689 e. The Balaban J connectivity index is 3.21. The Kier molecular flexibility index (Phi) is 3.69. The van der Waals surface area contributed by atoms with Crippen LogP contribution in [0.25, 0.3) is 0 Å². The predicted molar refractivity (Wildman–Crippen MR) is 59.0 cm³/mol. The number of hydrogen-bond acceptors (Lipinski definition) is 1. The van der Waals surface area contributed by atoms with Gasteiger partial charge in [0.1, 0.15) is 0 Å². The van der Waals surface area contributed by atoms with Crippen molar-refractivity contribution in [2.75, 3.05) is 0 Å². The molecule has 1 heteroatoms. The third-order valence-corrected chi connectivity index (χ3v) is 2.22. The SMILES string of the molecule is CC=Nc1c(CC)cccc1CC. The molecule has 0 unspecified atom stereocenters. The van der Waals surface area contributed by atoms with E-state index in [1.165, 1.54) is 16.8 Å². The first-order valence-electron chi connectivity index (χ1n) is 4.92. The highest BCUT2D eigenvalue weighted by atomic mass is 14.7. The lowest BCUT2D eigenvalue weighted by Gasteiger charge is -2.07. The lowest BCUT2D eigenvalue weighted by molar-refractivity contribution is 1.08. The van der Waals surface area contributed by atoms with Gasteiger partial charge in [-0.1, -0.05) is 32.0 Å². The van der Waals surface area contributed by atoms with Crippen LogP contribution in [0.4, 0.5) is 5.69 Å². The molecule has 0 atom stereocenters. The number of hydrogen-bond donors (Lipinski definition) is 0. The molecule has 0 aromatic heterocycles. The fourth-order valence-electron chi connectivity index (χ4n) is 1.51. The topological polar surface area (TPSA) is 12.4 Å². The van der Waals surface area contributed by atoms with E-state index in [2.05, 4.69) is 37.0 Å². The van der Waals surface area contributed by atoms with Gasteiger partial charge in [-0.3, -0.25) is 4.99 Å². The van der Waals surface area contributed by atoms with Crippen LogP contribution >= 0.6 is 0 Å². The minimum atomic E-state index is 1.06. The van der Waals surface area contributed by atoms with Crippen LogP contribution in [0.3, 0.4) is 0 Å². The molecule has 0 spiro atoms. The molecular weight excluding hydrogens is 158 g/mol. The van der Waals surface area contributed by atoms with Crippen molar-refractivity contribution in [3.63, 3.8) is 0 Å². The average molecular weight is 175 g/mol. The average Bonchev–Trinajstić information content (AvgIpc) is 2.18. The second-order valence-electron chi connectivity index (χ2n) is 3.02. The molecule has 1 nitrogen and oxygen atoms in total. The summed E-state index contributed by atoms with van der Waals surface area (Å²) in [5.41, 5.74) is 3.87. The first kappa shape index (κ1) is 9.97. The summed E-state index contributed by atoms with van der Waals surface area (Å²) >= 11 is 0. The zero-order valence-electron chi connectivity index (χ0n) is 8.67. The van der Waals surface area contributed by atoms with Gasteiger partial charge in [0.15, 0.2) is 0 Å². The van der Waals surface area contributed by atoms with E-state index in [1.54, 1.807) is 0 Å². The maximum Gasteiger partial charge on any atom is 0.0689 e. The van der Waals surface area contributed by atoms with Gasteiger partial charge >= 0.3 is 0 Å². The standard InChI is InChI=1S/C12H17N/c1-4-10-8-7-9-11(5-2)12(10)13-6-3/h6-9H,4-5H2,1-3H3. The van der Waals surface area contributed by atoms with Gasteiger partial charge in [0, 0.05) is 6.21 Å².